The first kappa shape index (κ1) is 21.5. The number of nitrogens with one attached hydrogen (secondary N) is 1. The van der Waals surface area contributed by atoms with Crippen molar-refractivity contribution >= 4 is 11.8 Å². The number of rotatable bonds is 7. The van der Waals surface area contributed by atoms with E-state index in [1.807, 2.05) is 25.1 Å². The molecule has 1 aromatic heterocycles. The molecule has 1 aliphatic rings. The first-order valence-electron chi connectivity index (χ1n) is 10.1. The van der Waals surface area contributed by atoms with E-state index in [9.17, 15) is 9.59 Å². The fourth-order valence-electron chi connectivity index (χ4n) is 3.55. The summed E-state index contributed by atoms with van der Waals surface area (Å²) in [6, 6.07) is 5.72. The van der Waals surface area contributed by atoms with Gasteiger partial charge in [0, 0.05) is 25.8 Å². The molecule has 1 saturated heterocycles. The van der Waals surface area contributed by atoms with E-state index < -0.39 is 0 Å². The van der Waals surface area contributed by atoms with E-state index in [4.69, 9.17) is 9.47 Å². The molecular formula is C22H28N4O4. The van der Waals surface area contributed by atoms with Crippen LogP contribution in [0.25, 0.3) is 0 Å². The van der Waals surface area contributed by atoms with Crippen molar-refractivity contribution in [2.24, 2.45) is 5.92 Å². The molecule has 0 saturated carbocycles. The van der Waals surface area contributed by atoms with Crippen LogP contribution in [0.15, 0.2) is 30.6 Å². The van der Waals surface area contributed by atoms with Gasteiger partial charge in [-0.05, 0) is 43.9 Å². The summed E-state index contributed by atoms with van der Waals surface area (Å²) < 4.78 is 10.6. The number of carbonyl (C=O) groups excluding carboxylic acids is 2. The van der Waals surface area contributed by atoms with E-state index in [0.717, 1.165) is 24.1 Å². The van der Waals surface area contributed by atoms with E-state index >= 15 is 0 Å². The number of hydrogen-bond acceptors (Lipinski definition) is 6. The van der Waals surface area contributed by atoms with E-state index in [1.54, 1.807) is 25.3 Å². The van der Waals surface area contributed by atoms with Crippen molar-refractivity contribution < 1.29 is 19.1 Å². The number of piperidine rings is 1. The Morgan fingerprint density at radius 2 is 1.97 bits per heavy atom. The summed E-state index contributed by atoms with van der Waals surface area (Å²) in [5.74, 6) is 0.928. The minimum atomic E-state index is -0.216. The predicted molar refractivity (Wildman–Crippen MR) is 112 cm³/mol. The Balaban J connectivity index is 1.51. The van der Waals surface area contributed by atoms with Crippen LogP contribution in [0.3, 0.4) is 0 Å². The average molecular weight is 412 g/mol. The van der Waals surface area contributed by atoms with E-state index in [1.165, 1.54) is 6.20 Å². The fraction of sp³-hybridized carbons (Fsp3) is 0.455. The first-order chi connectivity index (χ1) is 14.5. The lowest BCUT2D eigenvalue weighted by Gasteiger charge is -2.31. The second-order valence-corrected chi connectivity index (χ2v) is 7.36. The molecule has 0 radical (unpaired) electrons. The summed E-state index contributed by atoms with van der Waals surface area (Å²) in [7, 11) is 3.20. The SMILES string of the molecule is COc1ccc(CCNC(=O)C2CCCN(C(=O)c3cnc(C)cn3)C2)cc1OC. The van der Waals surface area contributed by atoms with Crippen molar-refractivity contribution in [1.29, 1.82) is 0 Å². The summed E-state index contributed by atoms with van der Waals surface area (Å²) in [6.45, 7) is 3.37. The lowest BCUT2D eigenvalue weighted by atomic mass is 9.96. The van der Waals surface area contributed by atoms with Crippen LogP contribution in [-0.4, -0.2) is 60.5 Å². The second-order valence-electron chi connectivity index (χ2n) is 7.36. The molecule has 0 aliphatic carbocycles. The number of methoxy groups -OCH3 is 2. The molecule has 8 heteroatoms. The van der Waals surface area contributed by atoms with Gasteiger partial charge in [0.1, 0.15) is 5.69 Å². The molecule has 8 nitrogen and oxygen atoms in total. The predicted octanol–water partition coefficient (Wildman–Crippen LogP) is 2.01. The van der Waals surface area contributed by atoms with Crippen LogP contribution in [0, 0.1) is 12.8 Å². The maximum Gasteiger partial charge on any atom is 0.274 e. The number of nitrogens with zero attached hydrogens (tertiary/aromatic N) is 3. The minimum Gasteiger partial charge on any atom is -0.493 e. The number of aromatic nitrogens is 2. The molecule has 2 heterocycles. The zero-order chi connectivity index (χ0) is 21.5. The Labute approximate surface area is 176 Å². The third kappa shape index (κ3) is 5.25. The molecule has 160 valence electrons. The van der Waals surface area contributed by atoms with Gasteiger partial charge in [-0.25, -0.2) is 4.98 Å². The number of ether oxygens (including phenoxy) is 2. The highest BCUT2D eigenvalue weighted by Gasteiger charge is 2.29. The van der Waals surface area contributed by atoms with E-state index in [0.29, 0.717) is 43.2 Å². The van der Waals surface area contributed by atoms with Crippen molar-refractivity contribution in [2.75, 3.05) is 33.9 Å². The van der Waals surface area contributed by atoms with Crippen molar-refractivity contribution in [3.63, 3.8) is 0 Å². The maximum absolute atomic E-state index is 12.7. The molecule has 1 fully saturated rings. The van der Waals surface area contributed by atoms with Gasteiger partial charge in [0.2, 0.25) is 5.91 Å². The van der Waals surface area contributed by atoms with Crippen LogP contribution in [0.5, 0.6) is 11.5 Å². The molecule has 3 rings (SSSR count). The molecule has 30 heavy (non-hydrogen) atoms. The summed E-state index contributed by atoms with van der Waals surface area (Å²) in [4.78, 5) is 35.3. The lowest BCUT2D eigenvalue weighted by Crippen LogP contribution is -2.46. The topological polar surface area (TPSA) is 93.7 Å². The van der Waals surface area contributed by atoms with Gasteiger partial charge in [0.05, 0.1) is 32.0 Å². The molecule has 1 atom stereocenters. The standard InChI is InChI=1S/C22H28N4O4/c1-15-12-25-18(13-24-15)22(28)26-10-4-5-17(14-26)21(27)23-9-8-16-6-7-19(29-2)20(11-16)30-3/h6-7,11-13,17H,4-5,8-10,14H2,1-3H3,(H,23,27). The third-order valence-electron chi connectivity index (χ3n) is 5.24. The normalized spacial score (nSPS) is 16.1. The van der Waals surface area contributed by atoms with Crippen LogP contribution in [0.4, 0.5) is 0 Å². The number of carbonyl (C=O) groups is 2. The highest BCUT2D eigenvalue weighted by molar-refractivity contribution is 5.92. The minimum absolute atomic E-state index is 0.0250. The van der Waals surface area contributed by atoms with Gasteiger partial charge < -0.3 is 19.7 Å². The van der Waals surface area contributed by atoms with E-state index in [-0.39, 0.29) is 17.7 Å². The van der Waals surface area contributed by atoms with Crippen molar-refractivity contribution in [1.82, 2.24) is 20.2 Å². The van der Waals surface area contributed by atoms with Crippen LogP contribution in [0.2, 0.25) is 0 Å². The number of hydrogen-bond donors (Lipinski definition) is 1. The van der Waals surface area contributed by atoms with Gasteiger partial charge in [-0.2, -0.15) is 0 Å². The summed E-state index contributed by atoms with van der Waals surface area (Å²) in [5.41, 5.74) is 2.12. The fourth-order valence-corrected chi connectivity index (χ4v) is 3.55. The second kappa shape index (κ2) is 10.0. The van der Waals surface area contributed by atoms with Crippen molar-refractivity contribution in [3.8, 4) is 11.5 Å². The molecule has 1 unspecified atom stereocenters. The zero-order valence-corrected chi connectivity index (χ0v) is 17.7. The molecule has 1 N–H and O–H groups in total. The van der Waals surface area contributed by atoms with Gasteiger partial charge in [0.25, 0.3) is 5.91 Å². The molecular weight excluding hydrogens is 384 g/mol. The Morgan fingerprint density at radius 3 is 2.67 bits per heavy atom. The summed E-state index contributed by atoms with van der Waals surface area (Å²) in [5, 5.41) is 3.00. The quantitative estimate of drug-likeness (QED) is 0.748. The van der Waals surface area contributed by atoms with Crippen molar-refractivity contribution in [3.05, 3.63) is 47.5 Å². The van der Waals surface area contributed by atoms with E-state index in [2.05, 4.69) is 15.3 Å². The Bertz CT molecular complexity index is 885. The Hall–Kier alpha value is -3.16. The smallest absolute Gasteiger partial charge is 0.274 e. The van der Waals surface area contributed by atoms with Crippen LogP contribution in [-0.2, 0) is 11.2 Å². The molecule has 0 spiro atoms. The van der Waals surface area contributed by atoms with Crippen molar-refractivity contribution in [2.45, 2.75) is 26.2 Å². The molecule has 0 bridgehead atoms. The number of likely N-dealkylation sites (tertiary alicyclic amines) is 1. The first-order valence-corrected chi connectivity index (χ1v) is 10.1. The zero-order valence-electron chi connectivity index (χ0n) is 17.7. The third-order valence-corrected chi connectivity index (χ3v) is 5.24. The monoisotopic (exact) mass is 412 g/mol. The van der Waals surface area contributed by atoms with Crippen LogP contribution in [0.1, 0.15) is 34.6 Å². The van der Waals surface area contributed by atoms with Gasteiger partial charge in [-0.3, -0.25) is 14.6 Å². The summed E-state index contributed by atoms with van der Waals surface area (Å²) in [6.07, 6.45) is 5.31. The summed E-state index contributed by atoms with van der Waals surface area (Å²) >= 11 is 0. The Kier molecular flexibility index (Phi) is 7.21. The molecule has 1 aliphatic heterocycles. The average Bonchev–Trinajstić information content (AvgIpc) is 2.79. The number of aryl methyl sites for hydroxylation is 1. The molecule has 2 aromatic rings. The number of benzene rings is 1. The van der Waals surface area contributed by atoms with Crippen LogP contribution < -0.4 is 14.8 Å². The van der Waals surface area contributed by atoms with Gasteiger partial charge in [0.15, 0.2) is 11.5 Å². The van der Waals surface area contributed by atoms with Crippen LogP contribution >= 0.6 is 0 Å². The highest BCUT2D eigenvalue weighted by Crippen LogP contribution is 2.27. The maximum atomic E-state index is 12.7. The van der Waals surface area contributed by atoms with Gasteiger partial charge >= 0.3 is 0 Å². The Morgan fingerprint density at radius 1 is 1.17 bits per heavy atom. The molecule has 2 amide bonds. The largest absolute Gasteiger partial charge is 0.493 e. The van der Waals surface area contributed by atoms with Gasteiger partial charge in [-0.15, -0.1) is 0 Å². The number of amides is 2. The molecule has 1 aromatic carbocycles. The highest BCUT2D eigenvalue weighted by atomic mass is 16.5. The lowest BCUT2D eigenvalue weighted by molar-refractivity contribution is -0.126. The van der Waals surface area contributed by atoms with Gasteiger partial charge in [-0.1, -0.05) is 6.07 Å².